The number of esters is 1. The van der Waals surface area contributed by atoms with E-state index in [1.54, 1.807) is 0 Å². The molecule has 29 heavy (non-hydrogen) atoms. The number of carbonyl (C=O) groups excluding carboxylic acids is 1. The third-order valence-corrected chi connectivity index (χ3v) is 5.63. The van der Waals surface area contributed by atoms with Gasteiger partial charge in [0.15, 0.2) is 0 Å². The van der Waals surface area contributed by atoms with E-state index >= 15 is 0 Å². The number of ether oxygens (including phenoxy) is 1. The topological polar surface area (TPSA) is 101 Å². The summed E-state index contributed by atoms with van der Waals surface area (Å²) in [4.78, 5) is 11.5. The number of aliphatic hydroxyl groups excluding tert-OH is 1. The maximum Gasteiger partial charge on any atom is 0.305 e. The average molecular weight is 446 g/mol. The van der Waals surface area contributed by atoms with Crippen molar-refractivity contribution < 1.29 is 27.6 Å². The van der Waals surface area contributed by atoms with Gasteiger partial charge in [-0.3, -0.25) is 9.35 Å². The van der Waals surface area contributed by atoms with Crippen molar-refractivity contribution in [1.82, 2.24) is 0 Å². The van der Waals surface area contributed by atoms with Gasteiger partial charge in [0.1, 0.15) is 18.5 Å². The van der Waals surface area contributed by atoms with Gasteiger partial charge in [0.05, 0.1) is 0 Å². The standard InChI is InChI=1S/C21H42O6S.Na/c1-2-3-4-5-6-7-8-9-10-11-12-13-14-15-16-17-21(23)27-18-20(22)19-28(24,25)26;/h20,22H,2-19H2,1H3,(H,24,25,26);. The molecule has 1 atom stereocenters. The van der Waals surface area contributed by atoms with E-state index in [1.807, 2.05) is 0 Å². The molecule has 0 aromatic heterocycles. The van der Waals surface area contributed by atoms with Crippen molar-refractivity contribution in [3.05, 3.63) is 0 Å². The van der Waals surface area contributed by atoms with Crippen molar-refractivity contribution in [2.75, 3.05) is 12.4 Å². The van der Waals surface area contributed by atoms with Crippen molar-refractivity contribution in [2.45, 2.75) is 116 Å². The van der Waals surface area contributed by atoms with Gasteiger partial charge in [-0.1, -0.05) is 96.8 Å². The number of rotatable bonds is 20. The van der Waals surface area contributed by atoms with Gasteiger partial charge in [-0.15, -0.1) is 0 Å². The molecule has 0 aliphatic rings. The summed E-state index contributed by atoms with van der Waals surface area (Å²) in [6, 6.07) is 0. The predicted molar refractivity (Wildman–Crippen MR) is 119 cm³/mol. The van der Waals surface area contributed by atoms with Crippen molar-refractivity contribution in [3.8, 4) is 0 Å². The van der Waals surface area contributed by atoms with Crippen molar-refractivity contribution >= 4 is 45.6 Å². The number of unbranched alkanes of at least 4 members (excludes halogenated alkanes) is 14. The first-order chi connectivity index (χ1) is 13.3. The Balaban J connectivity index is 0. The molecule has 2 N–H and O–H groups in total. The molecule has 0 aliphatic carbocycles. The second-order valence-electron chi connectivity index (χ2n) is 7.79. The predicted octanol–water partition coefficient (Wildman–Crippen LogP) is 4.66. The summed E-state index contributed by atoms with van der Waals surface area (Å²) in [6.45, 7) is 1.84. The molecule has 8 heteroatoms. The van der Waals surface area contributed by atoms with Gasteiger partial charge in [0.2, 0.25) is 0 Å². The van der Waals surface area contributed by atoms with Crippen LogP contribution in [-0.4, -0.2) is 72.1 Å². The maximum absolute atomic E-state index is 11.5. The van der Waals surface area contributed by atoms with E-state index in [1.165, 1.54) is 77.0 Å². The van der Waals surface area contributed by atoms with Crippen LogP contribution in [0.2, 0.25) is 0 Å². The molecule has 0 bridgehead atoms. The Morgan fingerprint density at radius 2 is 1.17 bits per heavy atom. The smallest absolute Gasteiger partial charge is 0.305 e. The summed E-state index contributed by atoms with van der Waals surface area (Å²) in [7, 11) is -4.26. The average Bonchev–Trinajstić information content (AvgIpc) is 2.62. The minimum absolute atomic E-state index is 0. The first-order valence-corrected chi connectivity index (χ1v) is 12.7. The Morgan fingerprint density at radius 1 is 0.793 bits per heavy atom. The molecule has 169 valence electrons. The fraction of sp³-hybridized carbons (Fsp3) is 0.952. The summed E-state index contributed by atoms with van der Waals surface area (Å²) in [6.07, 6.45) is 17.7. The number of hydrogen-bond acceptors (Lipinski definition) is 5. The molecule has 1 unspecified atom stereocenters. The Kier molecular flexibility index (Phi) is 23.4. The molecular weight excluding hydrogens is 403 g/mol. The SMILES string of the molecule is CCCCCCCCCCCCCCCCCC(=O)OCC(O)CS(=O)(=O)O.[Na]. The van der Waals surface area contributed by atoms with Crippen LogP contribution in [0.1, 0.15) is 110 Å². The molecular formula is C21H42NaO6S. The van der Waals surface area contributed by atoms with Gasteiger partial charge in [0.25, 0.3) is 10.1 Å². The van der Waals surface area contributed by atoms with Gasteiger partial charge in [-0.05, 0) is 6.42 Å². The van der Waals surface area contributed by atoms with E-state index in [-0.39, 0.29) is 36.0 Å². The Hall–Kier alpha value is 0.340. The largest absolute Gasteiger partial charge is 0.463 e. The summed E-state index contributed by atoms with van der Waals surface area (Å²) < 4.78 is 34.5. The zero-order chi connectivity index (χ0) is 21.1. The molecule has 0 rings (SSSR count). The Bertz CT molecular complexity index is 470. The summed E-state index contributed by atoms with van der Waals surface area (Å²) in [5, 5.41) is 9.32. The van der Waals surface area contributed by atoms with Crippen LogP contribution in [0, 0.1) is 0 Å². The fourth-order valence-electron chi connectivity index (χ4n) is 3.19. The molecule has 0 aromatic carbocycles. The van der Waals surface area contributed by atoms with E-state index < -0.39 is 34.6 Å². The molecule has 0 aromatic rings. The molecule has 0 aliphatic heterocycles. The second-order valence-corrected chi connectivity index (χ2v) is 9.28. The number of aliphatic hydroxyl groups is 1. The van der Waals surface area contributed by atoms with E-state index in [4.69, 9.17) is 9.29 Å². The second kappa shape index (κ2) is 21.6. The quantitative estimate of drug-likeness (QED) is 0.122. The van der Waals surface area contributed by atoms with Gasteiger partial charge < -0.3 is 9.84 Å². The minimum atomic E-state index is -4.26. The van der Waals surface area contributed by atoms with Crippen LogP contribution >= 0.6 is 0 Å². The summed E-state index contributed by atoms with van der Waals surface area (Å²) in [5.74, 6) is -1.26. The fourth-order valence-corrected chi connectivity index (χ4v) is 3.78. The van der Waals surface area contributed by atoms with Gasteiger partial charge >= 0.3 is 5.97 Å². The van der Waals surface area contributed by atoms with Crippen LogP contribution < -0.4 is 0 Å². The first-order valence-electron chi connectivity index (χ1n) is 11.1. The van der Waals surface area contributed by atoms with Gasteiger partial charge in [-0.25, -0.2) is 0 Å². The number of hydrogen-bond donors (Lipinski definition) is 2. The monoisotopic (exact) mass is 445 g/mol. The molecule has 0 heterocycles. The Labute approximate surface area is 200 Å². The third kappa shape index (κ3) is 26.3. The maximum atomic E-state index is 11.5. The van der Waals surface area contributed by atoms with E-state index in [0.29, 0.717) is 0 Å². The van der Waals surface area contributed by atoms with Gasteiger partial charge in [-0.2, -0.15) is 8.42 Å². The molecule has 1 radical (unpaired) electrons. The summed E-state index contributed by atoms with van der Waals surface area (Å²) >= 11 is 0. The molecule has 6 nitrogen and oxygen atoms in total. The minimum Gasteiger partial charge on any atom is -0.463 e. The molecule has 0 saturated carbocycles. The molecule has 0 spiro atoms. The zero-order valence-electron chi connectivity index (χ0n) is 18.7. The Morgan fingerprint density at radius 3 is 1.55 bits per heavy atom. The zero-order valence-corrected chi connectivity index (χ0v) is 21.6. The van der Waals surface area contributed by atoms with E-state index in [0.717, 1.165) is 19.3 Å². The van der Waals surface area contributed by atoms with Crippen molar-refractivity contribution in [1.29, 1.82) is 0 Å². The van der Waals surface area contributed by atoms with E-state index in [2.05, 4.69) is 6.92 Å². The first kappa shape index (κ1) is 31.5. The van der Waals surface area contributed by atoms with Crippen LogP contribution in [0.15, 0.2) is 0 Å². The molecule has 0 saturated heterocycles. The van der Waals surface area contributed by atoms with Gasteiger partial charge in [0, 0.05) is 36.0 Å². The van der Waals surface area contributed by atoms with Crippen LogP contribution in [0.5, 0.6) is 0 Å². The molecule has 0 amide bonds. The normalized spacial score (nSPS) is 12.4. The number of carbonyl (C=O) groups is 1. The van der Waals surface area contributed by atoms with Crippen molar-refractivity contribution in [3.63, 3.8) is 0 Å². The summed E-state index contributed by atoms with van der Waals surface area (Å²) in [5.41, 5.74) is 0. The molecule has 0 fully saturated rings. The van der Waals surface area contributed by atoms with Crippen LogP contribution in [-0.2, 0) is 19.6 Å². The van der Waals surface area contributed by atoms with Crippen molar-refractivity contribution in [2.24, 2.45) is 0 Å². The van der Waals surface area contributed by atoms with Crippen LogP contribution in [0.4, 0.5) is 0 Å². The third-order valence-electron chi connectivity index (χ3n) is 4.82. The van der Waals surface area contributed by atoms with E-state index in [9.17, 15) is 18.3 Å². The van der Waals surface area contributed by atoms with Crippen LogP contribution in [0.3, 0.4) is 0 Å². The van der Waals surface area contributed by atoms with Crippen LogP contribution in [0.25, 0.3) is 0 Å².